The summed E-state index contributed by atoms with van der Waals surface area (Å²) in [6.45, 7) is 1.93. The Hall–Kier alpha value is -1.88. The van der Waals surface area contributed by atoms with Gasteiger partial charge in [0.15, 0.2) is 5.82 Å². The van der Waals surface area contributed by atoms with Crippen LogP contribution in [-0.4, -0.2) is 16.1 Å². The molecule has 0 fully saturated rings. The van der Waals surface area contributed by atoms with Crippen LogP contribution in [0, 0.1) is 12.7 Å². The zero-order valence-electron chi connectivity index (χ0n) is 9.55. The van der Waals surface area contributed by atoms with E-state index in [0.29, 0.717) is 0 Å². The highest BCUT2D eigenvalue weighted by Crippen LogP contribution is 2.29. The summed E-state index contributed by atoms with van der Waals surface area (Å²) in [5, 5.41) is 8.89. The SMILES string of the molecule is Cc1cccc(Sc2nccc(C(=O)O)c2F)c1. The summed E-state index contributed by atoms with van der Waals surface area (Å²) in [5.74, 6) is -2.09. The number of aromatic carboxylic acids is 1. The molecular formula is C13H10FNO2S. The van der Waals surface area contributed by atoms with Gasteiger partial charge in [-0.1, -0.05) is 29.5 Å². The van der Waals surface area contributed by atoms with Crippen LogP contribution in [0.25, 0.3) is 0 Å². The molecule has 2 aromatic rings. The van der Waals surface area contributed by atoms with Gasteiger partial charge < -0.3 is 5.11 Å². The summed E-state index contributed by atoms with van der Waals surface area (Å²) in [5.41, 5.74) is 0.690. The fourth-order valence-corrected chi connectivity index (χ4v) is 2.38. The molecule has 0 bridgehead atoms. The standard InChI is InChI=1S/C13H10FNO2S/c1-8-3-2-4-9(7-8)18-12-11(14)10(13(16)17)5-6-15-12/h2-7H,1H3,(H,16,17). The predicted octanol–water partition coefficient (Wildman–Crippen LogP) is 3.38. The van der Waals surface area contributed by atoms with Crippen LogP contribution in [-0.2, 0) is 0 Å². The van der Waals surface area contributed by atoms with Crippen molar-refractivity contribution in [2.75, 3.05) is 0 Å². The molecule has 0 atom stereocenters. The molecule has 2 rings (SSSR count). The summed E-state index contributed by atoms with van der Waals surface area (Å²) >= 11 is 1.11. The van der Waals surface area contributed by atoms with Gasteiger partial charge >= 0.3 is 5.97 Å². The van der Waals surface area contributed by atoms with Gasteiger partial charge in [-0.2, -0.15) is 0 Å². The van der Waals surface area contributed by atoms with E-state index in [2.05, 4.69) is 4.98 Å². The third-order valence-electron chi connectivity index (χ3n) is 2.29. The van der Waals surface area contributed by atoms with Crippen LogP contribution in [0.3, 0.4) is 0 Å². The van der Waals surface area contributed by atoms with Gasteiger partial charge in [0.1, 0.15) is 5.03 Å². The summed E-state index contributed by atoms with van der Waals surface area (Å²) < 4.78 is 13.8. The lowest BCUT2D eigenvalue weighted by atomic mass is 10.2. The monoisotopic (exact) mass is 263 g/mol. The van der Waals surface area contributed by atoms with Crippen molar-refractivity contribution >= 4 is 17.7 Å². The van der Waals surface area contributed by atoms with E-state index in [1.165, 1.54) is 6.20 Å². The van der Waals surface area contributed by atoms with Crippen molar-refractivity contribution in [1.29, 1.82) is 0 Å². The van der Waals surface area contributed by atoms with Crippen molar-refractivity contribution in [2.24, 2.45) is 0 Å². The lowest BCUT2D eigenvalue weighted by molar-refractivity contribution is 0.0691. The first-order valence-corrected chi connectivity index (χ1v) is 6.02. The first-order chi connectivity index (χ1) is 8.58. The Bertz CT molecular complexity index is 601. The Morgan fingerprint density at radius 2 is 2.17 bits per heavy atom. The molecule has 1 aromatic heterocycles. The van der Waals surface area contributed by atoms with E-state index in [0.717, 1.165) is 28.3 Å². The van der Waals surface area contributed by atoms with Crippen molar-refractivity contribution < 1.29 is 14.3 Å². The number of carboxylic acid groups (broad SMARTS) is 1. The van der Waals surface area contributed by atoms with Gasteiger partial charge in [0.25, 0.3) is 0 Å². The Labute approximate surface area is 108 Å². The van der Waals surface area contributed by atoms with E-state index in [4.69, 9.17) is 5.11 Å². The van der Waals surface area contributed by atoms with E-state index >= 15 is 0 Å². The lowest BCUT2D eigenvalue weighted by Gasteiger charge is -2.04. The molecule has 1 aromatic carbocycles. The number of hydrogen-bond acceptors (Lipinski definition) is 3. The minimum Gasteiger partial charge on any atom is -0.478 e. The molecule has 0 aliphatic rings. The Kier molecular flexibility index (Phi) is 3.62. The zero-order chi connectivity index (χ0) is 13.1. The number of hydrogen-bond donors (Lipinski definition) is 1. The van der Waals surface area contributed by atoms with Crippen molar-refractivity contribution in [1.82, 2.24) is 4.98 Å². The zero-order valence-corrected chi connectivity index (χ0v) is 10.4. The number of aromatic nitrogens is 1. The second kappa shape index (κ2) is 5.18. The van der Waals surface area contributed by atoms with E-state index in [1.807, 2.05) is 31.2 Å². The molecular weight excluding hydrogens is 253 g/mol. The van der Waals surface area contributed by atoms with Crippen LogP contribution in [0.5, 0.6) is 0 Å². The van der Waals surface area contributed by atoms with Crippen LogP contribution < -0.4 is 0 Å². The Morgan fingerprint density at radius 1 is 1.39 bits per heavy atom. The molecule has 0 unspecified atom stereocenters. The fraction of sp³-hybridized carbons (Fsp3) is 0.0769. The Balaban J connectivity index is 2.35. The smallest absolute Gasteiger partial charge is 0.338 e. The maximum absolute atomic E-state index is 13.8. The highest BCUT2D eigenvalue weighted by atomic mass is 32.2. The van der Waals surface area contributed by atoms with E-state index in [1.54, 1.807) is 0 Å². The van der Waals surface area contributed by atoms with Gasteiger partial charge in [-0.05, 0) is 25.1 Å². The Morgan fingerprint density at radius 3 is 2.83 bits per heavy atom. The minimum absolute atomic E-state index is 0.0699. The molecule has 0 aliphatic carbocycles. The molecule has 0 amide bonds. The lowest BCUT2D eigenvalue weighted by Crippen LogP contribution is -2.02. The second-order valence-corrected chi connectivity index (χ2v) is 4.76. The molecule has 1 heterocycles. The largest absolute Gasteiger partial charge is 0.478 e. The minimum atomic E-state index is -1.29. The molecule has 0 aliphatic heterocycles. The number of nitrogens with zero attached hydrogens (tertiary/aromatic N) is 1. The summed E-state index contributed by atoms with van der Waals surface area (Å²) in [6, 6.07) is 8.65. The number of carbonyl (C=O) groups is 1. The highest BCUT2D eigenvalue weighted by molar-refractivity contribution is 7.99. The molecule has 3 nitrogen and oxygen atoms in total. The number of halogens is 1. The third kappa shape index (κ3) is 2.68. The quantitative estimate of drug-likeness (QED) is 0.922. The summed E-state index contributed by atoms with van der Waals surface area (Å²) in [4.78, 5) is 15.5. The third-order valence-corrected chi connectivity index (χ3v) is 3.26. The number of carboxylic acids is 1. The van der Waals surface area contributed by atoms with Crippen molar-refractivity contribution in [3.05, 3.63) is 53.5 Å². The maximum Gasteiger partial charge on any atom is 0.338 e. The van der Waals surface area contributed by atoms with Gasteiger partial charge in [-0.25, -0.2) is 14.2 Å². The number of rotatable bonds is 3. The van der Waals surface area contributed by atoms with Gasteiger partial charge in [-0.3, -0.25) is 0 Å². The van der Waals surface area contributed by atoms with Crippen molar-refractivity contribution in [3.8, 4) is 0 Å². The van der Waals surface area contributed by atoms with Crippen molar-refractivity contribution in [3.63, 3.8) is 0 Å². The average Bonchev–Trinajstić information content (AvgIpc) is 2.31. The van der Waals surface area contributed by atoms with Crippen LogP contribution in [0.4, 0.5) is 4.39 Å². The first-order valence-electron chi connectivity index (χ1n) is 5.20. The normalized spacial score (nSPS) is 10.3. The van der Waals surface area contributed by atoms with E-state index in [-0.39, 0.29) is 10.6 Å². The van der Waals surface area contributed by atoms with Gasteiger partial charge in [-0.15, -0.1) is 0 Å². The molecule has 92 valence electrons. The number of pyridine rings is 1. The molecule has 0 saturated heterocycles. The van der Waals surface area contributed by atoms with E-state index in [9.17, 15) is 9.18 Å². The molecule has 0 spiro atoms. The second-order valence-electron chi connectivity index (χ2n) is 3.70. The first kappa shape index (κ1) is 12.6. The highest BCUT2D eigenvalue weighted by Gasteiger charge is 2.15. The van der Waals surface area contributed by atoms with Gasteiger partial charge in [0.05, 0.1) is 5.56 Å². The maximum atomic E-state index is 13.8. The molecule has 0 radical (unpaired) electrons. The topological polar surface area (TPSA) is 50.2 Å². The fourth-order valence-electron chi connectivity index (χ4n) is 1.45. The predicted molar refractivity (Wildman–Crippen MR) is 66.5 cm³/mol. The molecule has 1 N–H and O–H groups in total. The van der Waals surface area contributed by atoms with Crippen molar-refractivity contribution in [2.45, 2.75) is 16.8 Å². The summed E-state index contributed by atoms with van der Waals surface area (Å²) in [7, 11) is 0. The van der Waals surface area contributed by atoms with Crippen LogP contribution >= 0.6 is 11.8 Å². The van der Waals surface area contributed by atoms with Crippen LogP contribution in [0.15, 0.2) is 46.5 Å². The molecule has 18 heavy (non-hydrogen) atoms. The van der Waals surface area contributed by atoms with Gasteiger partial charge in [0.2, 0.25) is 0 Å². The molecule has 0 saturated carbocycles. The molecule has 5 heteroatoms. The number of aryl methyl sites for hydroxylation is 1. The number of benzene rings is 1. The summed E-state index contributed by atoms with van der Waals surface area (Å²) in [6.07, 6.45) is 1.30. The van der Waals surface area contributed by atoms with E-state index < -0.39 is 11.8 Å². The average molecular weight is 263 g/mol. The van der Waals surface area contributed by atoms with Crippen LogP contribution in [0.1, 0.15) is 15.9 Å². The van der Waals surface area contributed by atoms with Gasteiger partial charge in [0, 0.05) is 11.1 Å². The van der Waals surface area contributed by atoms with Crippen LogP contribution in [0.2, 0.25) is 0 Å².